The molecule has 1 spiro atoms. The average Bonchev–Trinajstić information content (AvgIpc) is 2.64. The summed E-state index contributed by atoms with van der Waals surface area (Å²) in [5.41, 5.74) is 5.77. The Balaban J connectivity index is 1.40. The van der Waals surface area contributed by atoms with Gasteiger partial charge in [0.05, 0.1) is 37.9 Å². The van der Waals surface area contributed by atoms with E-state index in [9.17, 15) is 4.79 Å². The first-order chi connectivity index (χ1) is 13.8. The molecule has 1 atom stereocenters. The van der Waals surface area contributed by atoms with E-state index in [0.29, 0.717) is 13.2 Å². The number of urea groups is 1. The van der Waals surface area contributed by atoms with Crippen molar-refractivity contribution in [2.45, 2.75) is 45.2 Å². The summed E-state index contributed by atoms with van der Waals surface area (Å²) >= 11 is 0. The van der Waals surface area contributed by atoms with Crippen LogP contribution in [0.1, 0.15) is 49.1 Å². The van der Waals surface area contributed by atoms with Crippen molar-refractivity contribution in [2.24, 2.45) is 5.41 Å². The molecule has 4 aliphatic rings. The molecule has 6 heteroatoms. The largest absolute Gasteiger partial charge is 0.380 e. The van der Waals surface area contributed by atoms with Crippen molar-refractivity contribution in [1.29, 1.82) is 0 Å². The Hall–Kier alpha value is -1.63. The van der Waals surface area contributed by atoms with Crippen LogP contribution in [0.4, 0.5) is 4.79 Å². The minimum atomic E-state index is 0.100. The molecule has 3 saturated heterocycles. The predicted octanol–water partition coefficient (Wildman–Crippen LogP) is 2.46. The molecule has 5 rings (SSSR count). The second-order valence-electron chi connectivity index (χ2n) is 10.3. The van der Waals surface area contributed by atoms with Crippen molar-refractivity contribution in [3.8, 4) is 0 Å². The van der Waals surface area contributed by atoms with E-state index in [1.807, 2.05) is 9.80 Å². The summed E-state index contributed by atoms with van der Waals surface area (Å²) in [6.45, 7) is 14.0. The minimum Gasteiger partial charge on any atom is -0.380 e. The van der Waals surface area contributed by atoms with E-state index in [1.54, 1.807) is 0 Å². The van der Waals surface area contributed by atoms with Gasteiger partial charge in [0.1, 0.15) is 0 Å². The van der Waals surface area contributed by atoms with Crippen LogP contribution in [-0.4, -0.2) is 68.4 Å². The average molecular weight is 400 g/mol. The smallest absolute Gasteiger partial charge is 0.320 e. The Morgan fingerprint density at radius 2 is 1.97 bits per heavy atom. The lowest BCUT2D eigenvalue weighted by molar-refractivity contribution is -0.177. The molecular weight excluding hydrogens is 366 g/mol. The molecule has 3 fully saturated rings. The summed E-state index contributed by atoms with van der Waals surface area (Å²) in [5, 5.41) is 3.63. The predicted molar refractivity (Wildman–Crippen MR) is 111 cm³/mol. The van der Waals surface area contributed by atoms with Crippen molar-refractivity contribution in [2.75, 3.05) is 52.6 Å². The molecule has 4 heterocycles. The molecule has 0 radical (unpaired) electrons. The number of nitrogens with zero attached hydrogens (tertiary/aromatic N) is 2. The standard InChI is InChI=1S/C23H33N3O3/c1-22(2,3)17-8-16-4-6-25(21(27)26-12-23(13-26)14-29-15-23)10-19(16)18(9-17)20-11-28-7-5-24-20/h8-9,20,24H,4-7,10-15H2,1-3H3/t20-/m0/s1. The van der Waals surface area contributed by atoms with Crippen LogP contribution in [-0.2, 0) is 27.9 Å². The van der Waals surface area contributed by atoms with Gasteiger partial charge in [0.15, 0.2) is 0 Å². The van der Waals surface area contributed by atoms with Crippen molar-refractivity contribution < 1.29 is 14.3 Å². The molecule has 1 aromatic carbocycles. The first kappa shape index (κ1) is 19.3. The van der Waals surface area contributed by atoms with E-state index >= 15 is 0 Å². The van der Waals surface area contributed by atoms with E-state index in [4.69, 9.17) is 9.47 Å². The first-order valence-corrected chi connectivity index (χ1v) is 10.9. The number of morpholine rings is 1. The van der Waals surface area contributed by atoms with Crippen molar-refractivity contribution in [3.63, 3.8) is 0 Å². The van der Waals surface area contributed by atoms with Crippen LogP contribution in [0.2, 0.25) is 0 Å². The van der Waals surface area contributed by atoms with Crippen LogP contribution in [0.25, 0.3) is 0 Å². The van der Waals surface area contributed by atoms with Gasteiger partial charge in [0.25, 0.3) is 0 Å². The molecule has 2 amide bonds. The van der Waals surface area contributed by atoms with Gasteiger partial charge in [-0.1, -0.05) is 32.9 Å². The number of hydrogen-bond donors (Lipinski definition) is 1. The second kappa shape index (κ2) is 6.96. The maximum Gasteiger partial charge on any atom is 0.320 e. The summed E-state index contributed by atoms with van der Waals surface area (Å²) in [4.78, 5) is 17.1. The number of fused-ring (bicyclic) bond motifs is 1. The number of amides is 2. The van der Waals surface area contributed by atoms with E-state index in [2.05, 4.69) is 38.2 Å². The quantitative estimate of drug-likeness (QED) is 0.788. The molecule has 1 aromatic rings. The van der Waals surface area contributed by atoms with Crippen LogP contribution >= 0.6 is 0 Å². The monoisotopic (exact) mass is 399 g/mol. The third-order valence-electron chi connectivity index (χ3n) is 6.95. The van der Waals surface area contributed by atoms with Crippen LogP contribution < -0.4 is 5.32 Å². The molecule has 4 aliphatic heterocycles. The molecule has 0 unspecified atom stereocenters. The molecule has 0 bridgehead atoms. The SMILES string of the molecule is CC(C)(C)c1cc2c(c([C@@H]3COCCN3)c1)CN(C(=O)N1CC3(COC3)C1)CC2. The normalized spacial score (nSPS) is 26.0. The Morgan fingerprint density at radius 3 is 2.59 bits per heavy atom. The molecule has 158 valence electrons. The number of carbonyl (C=O) groups is 1. The summed E-state index contributed by atoms with van der Waals surface area (Å²) in [7, 11) is 0. The Kier molecular flexibility index (Phi) is 4.64. The van der Waals surface area contributed by atoms with E-state index in [0.717, 1.165) is 52.4 Å². The van der Waals surface area contributed by atoms with Crippen molar-refractivity contribution in [3.05, 3.63) is 34.4 Å². The van der Waals surface area contributed by atoms with E-state index in [-0.39, 0.29) is 22.9 Å². The van der Waals surface area contributed by atoms with Crippen LogP contribution in [0.3, 0.4) is 0 Å². The van der Waals surface area contributed by atoms with Gasteiger partial charge < -0.3 is 24.6 Å². The molecule has 0 aromatic heterocycles. The van der Waals surface area contributed by atoms with Crippen LogP contribution in [0, 0.1) is 5.41 Å². The van der Waals surface area contributed by atoms with E-state index < -0.39 is 0 Å². The van der Waals surface area contributed by atoms with E-state index in [1.165, 1.54) is 22.3 Å². The van der Waals surface area contributed by atoms with Gasteiger partial charge in [-0.05, 0) is 34.1 Å². The summed E-state index contributed by atoms with van der Waals surface area (Å²) in [5.74, 6) is 0. The fraction of sp³-hybridized carbons (Fsp3) is 0.696. The van der Waals surface area contributed by atoms with Gasteiger partial charge in [-0.25, -0.2) is 4.79 Å². The van der Waals surface area contributed by atoms with Gasteiger partial charge in [-0.15, -0.1) is 0 Å². The molecule has 0 aliphatic carbocycles. The van der Waals surface area contributed by atoms with Crippen molar-refractivity contribution >= 4 is 6.03 Å². The number of benzene rings is 1. The number of nitrogens with one attached hydrogen (secondary N) is 1. The minimum absolute atomic E-state index is 0.100. The molecule has 0 saturated carbocycles. The van der Waals surface area contributed by atoms with Crippen LogP contribution in [0.5, 0.6) is 0 Å². The number of carbonyl (C=O) groups excluding carboxylic acids is 1. The number of ether oxygens (including phenoxy) is 2. The summed E-state index contributed by atoms with van der Waals surface area (Å²) in [6.07, 6.45) is 0.924. The highest BCUT2D eigenvalue weighted by Gasteiger charge is 2.51. The van der Waals surface area contributed by atoms with Gasteiger partial charge in [-0.3, -0.25) is 0 Å². The number of likely N-dealkylation sites (tertiary alicyclic amines) is 1. The highest BCUT2D eigenvalue weighted by atomic mass is 16.5. The zero-order chi connectivity index (χ0) is 20.2. The first-order valence-electron chi connectivity index (χ1n) is 10.9. The molecule has 1 N–H and O–H groups in total. The topological polar surface area (TPSA) is 54.0 Å². The molecule has 6 nitrogen and oxygen atoms in total. The Bertz CT molecular complexity index is 798. The fourth-order valence-electron chi connectivity index (χ4n) is 5.04. The van der Waals surface area contributed by atoms with Crippen LogP contribution in [0.15, 0.2) is 12.1 Å². The van der Waals surface area contributed by atoms with Gasteiger partial charge in [0.2, 0.25) is 0 Å². The number of rotatable bonds is 1. The number of hydrogen-bond acceptors (Lipinski definition) is 4. The summed E-state index contributed by atoms with van der Waals surface area (Å²) < 4.78 is 11.1. The van der Waals surface area contributed by atoms with Gasteiger partial charge in [-0.2, -0.15) is 0 Å². The zero-order valence-electron chi connectivity index (χ0n) is 17.9. The maximum absolute atomic E-state index is 13.1. The Labute approximate surface area is 173 Å². The highest BCUT2D eigenvalue weighted by Crippen LogP contribution is 2.39. The van der Waals surface area contributed by atoms with Crippen molar-refractivity contribution in [1.82, 2.24) is 15.1 Å². The Morgan fingerprint density at radius 1 is 1.17 bits per heavy atom. The lowest BCUT2D eigenvalue weighted by atomic mass is 9.78. The molecule has 29 heavy (non-hydrogen) atoms. The maximum atomic E-state index is 13.1. The second-order valence-corrected chi connectivity index (χ2v) is 10.3. The zero-order valence-corrected chi connectivity index (χ0v) is 17.9. The lowest BCUT2D eigenvalue weighted by Crippen LogP contribution is -2.68. The highest BCUT2D eigenvalue weighted by molar-refractivity contribution is 5.76. The van der Waals surface area contributed by atoms with Gasteiger partial charge in [0, 0.05) is 32.7 Å². The van der Waals surface area contributed by atoms with Gasteiger partial charge >= 0.3 is 6.03 Å². The molecular formula is C23H33N3O3. The third kappa shape index (κ3) is 3.45. The fourth-order valence-corrected chi connectivity index (χ4v) is 5.04. The lowest BCUT2D eigenvalue weighted by Gasteiger charge is -2.55. The third-order valence-corrected chi connectivity index (χ3v) is 6.95. The summed E-state index contributed by atoms with van der Waals surface area (Å²) in [6, 6.07) is 5.11.